The Kier molecular flexibility index (Phi) is 5.92. The molecule has 4 nitrogen and oxygen atoms in total. The van der Waals surface area contributed by atoms with Gasteiger partial charge in [-0.2, -0.15) is 0 Å². The molecular weight excluding hydrogens is 391 g/mol. The van der Waals surface area contributed by atoms with Crippen LogP contribution in [0.25, 0.3) is 0 Å². The van der Waals surface area contributed by atoms with Gasteiger partial charge in [0.15, 0.2) is 5.96 Å². The Balaban J connectivity index is 0.00000220. The van der Waals surface area contributed by atoms with Crippen LogP contribution >= 0.6 is 24.0 Å². The van der Waals surface area contributed by atoms with Gasteiger partial charge in [-0.25, -0.2) is 13.8 Å². The molecule has 1 aliphatic rings. The number of nitrogens with zero attached hydrogens (tertiary/aromatic N) is 1. The summed E-state index contributed by atoms with van der Waals surface area (Å²) in [6.45, 7) is 4.07. The molecule has 0 heterocycles. The smallest absolute Gasteiger partial charge is 0.193 e. The fourth-order valence-electron chi connectivity index (χ4n) is 2.41. The van der Waals surface area contributed by atoms with Gasteiger partial charge in [-0.05, 0) is 18.6 Å². The number of hydrogen-bond acceptors (Lipinski definition) is 2. The van der Waals surface area contributed by atoms with E-state index >= 15 is 0 Å². The van der Waals surface area contributed by atoms with E-state index in [2.05, 4.69) is 10.3 Å². The number of hydrogen-bond donors (Lipinski definition) is 2. The van der Waals surface area contributed by atoms with Crippen molar-refractivity contribution in [2.24, 2.45) is 16.1 Å². The largest absolute Gasteiger partial charge is 0.381 e. The second-order valence-electron chi connectivity index (χ2n) is 5.56. The van der Waals surface area contributed by atoms with Crippen LogP contribution in [-0.2, 0) is 4.74 Å². The molecule has 2 atom stereocenters. The minimum atomic E-state index is -0.577. The predicted octanol–water partition coefficient (Wildman–Crippen LogP) is 3.12. The van der Waals surface area contributed by atoms with Gasteiger partial charge in [0, 0.05) is 18.6 Å². The summed E-state index contributed by atoms with van der Waals surface area (Å²) in [4.78, 5) is 4.31. The van der Waals surface area contributed by atoms with Gasteiger partial charge in [-0.3, -0.25) is 0 Å². The predicted molar refractivity (Wildman–Crippen MR) is 90.0 cm³/mol. The number of anilines is 1. The van der Waals surface area contributed by atoms with E-state index in [9.17, 15) is 8.78 Å². The maximum Gasteiger partial charge on any atom is 0.193 e. The minimum absolute atomic E-state index is 0. The Hall–Kier alpha value is -0.960. The Labute approximate surface area is 140 Å². The van der Waals surface area contributed by atoms with E-state index in [-0.39, 0.29) is 53.2 Å². The van der Waals surface area contributed by atoms with Crippen LogP contribution < -0.4 is 11.1 Å². The molecule has 2 rings (SSSR count). The SMILES string of the molecule is COC1CC(N=C(N)Nc2cc(F)ccc2F)C1(C)C.I. The number of guanidine groups is 1. The average molecular weight is 411 g/mol. The molecule has 0 radical (unpaired) electrons. The molecule has 0 bridgehead atoms. The summed E-state index contributed by atoms with van der Waals surface area (Å²) >= 11 is 0. The zero-order chi connectivity index (χ0) is 14.9. The molecule has 0 aliphatic heterocycles. The lowest BCUT2D eigenvalue weighted by Gasteiger charge is -2.48. The summed E-state index contributed by atoms with van der Waals surface area (Å²) < 4.78 is 31.9. The lowest BCUT2D eigenvalue weighted by atomic mass is 9.65. The van der Waals surface area contributed by atoms with Gasteiger partial charge < -0.3 is 15.8 Å². The first kappa shape index (κ1) is 18.1. The quantitative estimate of drug-likeness (QED) is 0.457. The number of benzene rings is 1. The molecule has 1 aromatic carbocycles. The first-order valence-electron chi connectivity index (χ1n) is 6.42. The van der Waals surface area contributed by atoms with E-state index in [1.165, 1.54) is 0 Å². The van der Waals surface area contributed by atoms with E-state index in [1.807, 2.05) is 13.8 Å². The third-order valence-corrected chi connectivity index (χ3v) is 3.90. The summed E-state index contributed by atoms with van der Waals surface area (Å²) in [5.74, 6) is -1.04. The van der Waals surface area contributed by atoms with Crippen LogP contribution in [0.5, 0.6) is 0 Å². The second-order valence-corrected chi connectivity index (χ2v) is 5.56. The lowest BCUT2D eigenvalue weighted by Crippen LogP contribution is -2.54. The van der Waals surface area contributed by atoms with Crippen molar-refractivity contribution in [1.82, 2.24) is 0 Å². The van der Waals surface area contributed by atoms with Crippen molar-refractivity contribution in [1.29, 1.82) is 0 Å². The Bertz CT molecular complexity index is 537. The highest BCUT2D eigenvalue weighted by Crippen LogP contribution is 2.44. The van der Waals surface area contributed by atoms with Crippen LogP contribution in [0, 0.1) is 17.0 Å². The summed E-state index contributed by atoms with van der Waals surface area (Å²) in [7, 11) is 1.66. The molecule has 118 valence electrons. The van der Waals surface area contributed by atoms with Gasteiger partial charge in [0.05, 0.1) is 17.8 Å². The zero-order valence-corrected chi connectivity index (χ0v) is 14.5. The van der Waals surface area contributed by atoms with Gasteiger partial charge in [0.25, 0.3) is 0 Å². The number of rotatable bonds is 3. The van der Waals surface area contributed by atoms with Crippen molar-refractivity contribution < 1.29 is 13.5 Å². The van der Waals surface area contributed by atoms with Gasteiger partial charge >= 0.3 is 0 Å². The third-order valence-electron chi connectivity index (χ3n) is 3.90. The van der Waals surface area contributed by atoms with Crippen LogP contribution in [0.1, 0.15) is 20.3 Å². The molecule has 1 aromatic rings. The first-order valence-corrected chi connectivity index (χ1v) is 6.42. The second kappa shape index (κ2) is 6.87. The molecule has 0 saturated heterocycles. The highest BCUT2D eigenvalue weighted by molar-refractivity contribution is 14.0. The first-order chi connectivity index (χ1) is 9.34. The molecule has 1 saturated carbocycles. The van der Waals surface area contributed by atoms with E-state index in [0.717, 1.165) is 24.6 Å². The topological polar surface area (TPSA) is 59.6 Å². The summed E-state index contributed by atoms with van der Waals surface area (Å²) in [6.07, 6.45) is 0.896. The van der Waals surface area contributed by atoms with Crippen LogP contribution in [0.3, 0.4) is 0 Å². The fraction of sp³-hybridized carbons (Fsp3) is 0.500. The van der Waals surface area contributed by atoms with Gasteiger partial charge in [-0.1, -0.05) is 13.8 Å². The highest BCUT2D eigenvalue weighted by Gasteiger charge is 2.48. The number of nitrogens with two attached hydrogens (primary N) is 1. The van der Waals surface area contributed by atoms with Crippen molar-refractivity contribution >= 4 is 35.6 Å². The van der Waals surface area contributed by atoms with E-state index in [0.29, 0.717) is 0 Å². The molecule has 2 unspecified atom stereocenters. The average Bonchev–Trinajstić information content (AvgIpc) is 2.38. The number of aliphatic imine (C=N–C) groups is 1. The van der Waals surface area contributed by atoms with Crippen molar-refractivity contribution in [2.75, 3.05) is 12.4 Å². The van der Waals surface area contributed by atoms with Crippen molar-refractivity contribution in [3.8, 4) is 0 Å². The maximum atomic E-state index is 13.5. The molecule has 7 heteroatoms. The monoisotopic (exact) mass is 411 g/mol. The molecule has 21 heavy (non-hydrogen) atoms. The van der Waals surface area contributed by atoms with Crippen LogP contribution in [0.15, 0.2) is 23.2 Å². The minimum Gasteiger partial charge on any atom is -0.381 e. The van der Waals surface area contributed by atoms with Crippen LogP contribution in [0.4, 0.5) is 14.5 Å². The molecule has 3 N–H and O–H groups in total. The van der Waals surface area contributed by atoms with Gasteiger partial charge in [0.2, 0.25) is 0 Å². The molecule has 1 fully saturated rings. The zero-order valence-electron chi connectivity index (χ0n) is 12.2. The Morgan fingerprint density at radius 1 is 1.43 bits per heavy atom. The maximum absolute atomic E-state index is 13.5. The van der Waals surface area contributed by atoms with Crippen LogP contribution in [0.2, 0.25) is 0 Å². The normalized spacial score (nSPS) is 24.0. The van der Waals surface area contributed by atoms with Crippen molar-refractivity contribution in [3.63, 3.8) is 0 Å². The van der Waals surface area contributed by atoms with Crippen LogP contribution in [-0.4, -0.2) is 25.2 Å². The number of nitrogens with one attached hydrogen (secondary N) is 1. The molecule has 0 amide bonds. The number of ether oxygens (including phenoxy) is 1. The summed E-state index contributed by atoms with van der Waals surface area (Å²) in [5.41, 5.74) is 5.61. The van der Waals surface area contributed by atoms with Gasteiger partial charge in [0.1, 0.15) is 11.6 Å². The third kappa shape index (κ3) is 3.82. The molecular formula is C14H20F2IN3O. The van der Waals surface area contributed by atoms with Crippen molar-refractivity contribution in [2.45, 2.75) is 32.4 Å². The Morgan fingerprint density at radius 2 is 2.10 bits per heavy atom. The molecule has 0 aromatic heterocycles. The number of halogens is 3. The summed E-state index contributed by atoms with van der Waals surface area (Å²) in [5, 5.41) is 2.59. The van der Waals surface area contributed by atoms with E-state index in [4.69, 9.17) is 10.5 Å². The standard InChI is InChI=1S/C14H19F2N3O.HI/c1-14(2)11(7-12(14)20-3)19-13(17)18-10-6-8(15)4-5-9(10)16;/h4-6,11-12H,7H2,1-3H3,(H3,17,18,19);1H. The van der Waals surface area contributed by atoms with Crippen molar-refractivity contribution in [3.05, 3.63) is 29.8 Å². The highest BCUT2D eigenvalue weighted by atomic mass is 127. The Morgan fingerprint density at radius 3 is 2.67 bits per heavy atom. The van der Waals surface area contributed by atoms with E-state index < -0.39 is 11.6 Å². The number of methoxy groups -OCH3 is 1. The summed E-state index contributed by atoms with van der Waals surface area (Å²) in [6, 6.07) is 3.13. The van der Waals surface area contributed by atoms with Gasteiger partial charge in [-0.15, -0.1) is 24.0 Å². The lowest BCUT2D eigenvalue weighted by molar-refractivity contribution is -0.0850. The fourth-order valence-corrected chi connectivity index (χ4v) is 2.41. The molecule has 0 spiro atoms. The van der Waals surface area contributed by atoms with E-state index in [1.54, 1.807) is 7.11 Å². The molecule has 1 aliphatic carbocycles.